The fourth-order valence-electron chi connectivity index (χ4n) is 3.35. The molecule has 0 aliphatic carbocycles. The van der Waals surface area contributed by atoms with E-state index < -0.39 is 23.8 Å². The van der Waals surface area contributed by atoms with Crippen LogP contribution in [0.4, 0.5) is 16.2 Å². The molecule has 1 aliphatic heterocycles. The Kier molecular flexibility index (Phi) is 8.33. The van der Waals surface area contributed by atoms with Gasteiger partial charge in [-0.05, 0) is 82.7 Å². The van der Waals surface area contributed by atoms with Gasteiger partial charge in [0, 0.05) is 25.8 Å². The zero-order valence-electron chi connectivity index (χ0n) is 18.6. The first-order valence-electron chi connectivity index (χ1n) is 10.5. The number of imide groups is 2. The first-order chi connectivity index (χ1) is 17.6. The Labute approximate surface area is 237 Å². The number of barbiturate groups is 1. The van der Waals surface area contributed by atoms with Crippen molar-refractivity contribution in [1.29, 1.82) is 0 Å². The van der Waals surface area contributed by atoms with Gasteiger partial charge in [0.15, 0.2) is 6.61 Å². The van der Waals surface area contributed by atoms with Crippen LogP contribution in [0.5, 0.6) is 5.75 Å². The zero-order chi connectivity index (χ0) is 26.7. The minimum atomic E-state index is -0.889. The first-order valence-corrected chi connectivity index (χ1v) is 12.8. The number of nitrogens with one attached hydrogen (secondary N) is 2. The minimum Gasteiger partial charge on any atom is -0.482 e. The van der Waals surface area contributed by atoms with Crippen LogP contribution in [0.15, 0.2) is 75.2 Å². The fourth-order valence-corrected chi connectivity index (χ4v) is 4.97. The third-order valence-corrected chi connectivity index (χ3v) is 6.55. The summed E-state index contributed by atoms with van der Waals surface area (Å²) in [7, 11) is 0. The summed E-state index contributed by atoms with van der Waals surface area (Å²) in [5, 5.41) is 5.79. The quantitative estimate of drug-likeness (QED) is 0.241. The van der Waals surface area contributed by atoms with Gasteiger partial charge in [0.1, 0.15) is 11.3 Å². The van der Waals surface area contributed by atoms with E-state index >= 15 is 0 Å². The van der Waals surface area contributed by atoms with Gasteiger partial charge in [-0.25, -0.2) is 9.69 Å². The maximum Gasteiger partial charge on any atom is 0.335 e. The number of carbonyl (C=O) groups excluding carboxylic acids is 4. The van der Waals surface area contributed by atoms with Crippen LogP contribution in [-0.2, 0) is 14.4 Å². The normalized spacial score (nSPS) is 14.5. The highest BCUT2D eigenvalue weighted by atomic mass is 79.9. The molecule has 37 heavy (non-hydrogen) atoms. The lowest BCUT2D eigenvalue weighted by Gasteiger charge is -2.26. The Morgan fingerprint density at radius 3 is 2.24 bits per heavy atom. The molecule has 188 valence electrons. The van der Waals surface area contributed by atoms with Crippen molar-refractivity contribution in [2.75, 3.05) is 16.8 Å². The van der Waals surface area contributed by atoms with Crippen LogP contribution in [0.25, 0.3) is 6.08 Å². The fraction of sp³-hybridized carbons (Fsp3) is 0.0400. The Balaban J connectivity index is 1.61. The molecule has 2 N–H and O–H groups in total. The number of benzene rings is 3. The first kappa shape index (κ1) is 26.9. The lowest BCUT2D eigenvalue weighted by atomic mass is 10.1. The van der Waals surface area contributed by atoms with E-state index in [1.807, 2.05) is 0 Å². The highest BCUT2D eigenvalue weighted by molar-refractivity contribution is 9.11. The Morgan fingerprint density at radius 2 is 1.59 bits per heavy atom. The van der Waals surface area contributed by atoms with E-state index in [0.29, 0.717) is 30.2 Å². The molecule has 0 unspecified atom stereocenters. The van der Waals surface area contributed by atoms with Crippen LogP contribution in [0, 0.1) is 0 Å². The van der Waals surface area contributed by atoms with Crippen LogP contribution < -0.4 is 20.3 Å². The summed E-state index contributed by atoms with van der Waals surface area (Å²) in [5.41, 5.74) is 0.766. The van der Waals surface area contributed by atoms with Crippen LogP contribution >= 0.6 is 55.1 Å². The van der Waals surface area contributed by atoms with Gasteiger partial charge in [-0.3, -0.25) is 19.7 Å². The summed E-state index contributed by atoms with van der Waals surface area (Å²) in [6.07, 6.45) is 1.29. The average Bonchev–Trinajstić information content (AvgIpc) is 2.83. The van der Waals surface area contributed by atoms with Crippen molar-refractivity contribution in [3.05, 3.63) is 90.8 Å². The molecule has 1 aliphatic rings. The van der Waals surface area contributed by atoms with Gasteiger partial charge in [-0.2, -0.15) is 0 Å². The lowest BCUT2D eigenvalue weighted by Crippen LogP contribution is -2.54. The van der Waals surface area contributed by atoms with Gasteiger partial charge in [0.05, 0.1) is 10.2 Å². The van der Waals surface area contributed by atoms with E-state index in [-0.39, 0.29) is 23.6 Å². The van der Waals surface area contributed by atoms with E-state index in [1.165, 1.54) is 30.3 Å². The van der Waals surface area contributed by atoms with E-state index in [1.54, 1.807) is 36.4 Å². The van der Waals surface area contributed by atoms with Crippen molar-refractivity contribution >= 4 is 96.3 Å². The van der Waals surface area contributed by atoms with E-state index in [0.717, 1.165) is 4.90 Å². The van der Waals surface area contributed by atoms with E-state index in [2.05, 4.69) is 42.5 Å². The van der Waals surface area contributed by atoms with Crippen LogP contribution in [0.2, 0.25) is 10.0 Å². The number of rotatable bonds is 6. The number of ether oxygens (including phenoxy) is 1. The second kappa shape index (κ2) is 11.5. The monoisotopic (exact) mass is 665 g/mol. The number of hydrogen-bond donors (Lipinski definition) is 2. The van der Waals surface area contributed by atoms with Crippen molar-refractivity contribution < 1.29 is 23.9 Å². The third-order valence-electron chi connectivity index (χ3n) is 5.00. The van der Waals surface area contributed by atoms with Crippen LogP contribution in [-0.4, -0.2) is 30.4 Å². The lowest BCUT2D eigenvalue weighted by molar-refractivity contribution is -0.122. The molecule has 3 aromatic rings. The van der Waals surface area contributed by atoms with Gasteiger partial charge in [0.25, 0.3) is 17.7 Å². The topological polar surface area (TPSA) is 105 Å². The summed E-state index contributed by atoms with van der Waals surface area (Å²) >= 11 is 18.5. The average molecular weight is 668 g/mol. The van der Waals surface area contributed by atoms with Gasteiger partial charge < -0.3 is 10.1 Å². The van der Waals surface area contributed by atoms with E-state index in [9.17, 15) is 19.2 Å². The predicted molar refractivity (Wildman–Crippen MR) is 148 cm³/mol. The van der Waals surface area contributed by atoms with Gasteiger partial charge in [0.2, 0.25) is 0 Å². The summed E-state index contributed by atoms with van der Waals surface area (Å²) in [4.78, 5) is 51.5. The molecule has 0 saturated carbocycles. The predicted octanol–water partition coefficient (Wildman–Crippen LogP) is 6.20. The number of carbonyl (C=O) groups is 4. The molecule has 8 nitrogen and oxygen atoms in total. The van der Waals surface area contributed by atoms with Crippen LogP contribution in [0.3, 0.4) is 0 Å². The molecule has 12 heteroatoms. The molecule has 0 atom stereocenters. The van der Waals surface area contributed by atoms with Gasteiger partial charge in [-0.1, -0.05) is 39.1 Å². The molecular weight excluding hydrogens is 653 g/mol. The molecule has 0 aromatic heterocycles. The Hall–Kier alpha value is -3.18. The maximum atomic E-state index is 13.2. The van der Waals surface area contributed by atoms with Crippen molar-refractivity contribution in [3.63, 3.8) is 0 Å². The minimum absolute atomic E-state index is 0.206. The summed E-state index contributed by atoms with van der Waals surface area (Å²) < 4.78 is 6.82. The Bertz CT molecular complexity index is 1440. The van der Waals surface area contributed by atoms with Gasteiger partial charge >= 0.3 is 6.03 Å². The van der Waals surface area contributed by atoms with Crippen LogP contribution in [0.1, 0.15) is 5.56 Å². The van der Waals surface area contributed by atoms with Crippen molar-refractivity contribution in [3.8, 4) is 5.75 Å². The molecule has 1 heterocycles. The molecule has 5 amide bonds. The highest BCUT2D eigenvalue weighted by Crippen LogP contribution is 2.35. The number of urea groups is 1. The summed E-state index contributed by atoms with van der Waals surface area (Å²) in [6, 6.07) is 15.0. The number of amides is 5. The third kappa shape index (κ3) is 6.40. The second-order valence-electron chi connectivity index (χ2n) is 7.58. The summed E-state index contributed by atoms with van der Waals surface area (Å²) in [6.45, 7) is -0.367. The number of nitrogens with zero attached hydrogens (tertiary/aromatic N) is 1. The SMILES string of the molecule is O=C(COc1c(Br)cc(Br)cc1/C=C1/C(=O)NC(=O)N(c2ccc(Cl)cc2)C1=O)Nc1ccc(Cl)cc1. The van der Waals surface area contributed by atoms with Crippen molar-refractivity contribution in [2.45, 2.75) is 0 Å². The molecule has 1 saturated heterocycles. The van der Waals surface area contributed by atoms with Gasteiger partial charge in [-0.15, -0.1) is 0 Å². The van der Waals surface area contributed by atoms with E-state index in [4.69, 9.17) is 27.9 Å². The molecule has 1 fully saturated rings. The highest BCUT2D eigenvalue weighted by Gasteiger charge is 2.37. The largest absolute Gasteiger partial charge is 0.482 e. The standard InChI is InChI=1S/C25H15Br2Cl2N3O5/c26-14-9-13(22(20(27)11-14)37-12-21(33)30-17-5-1-15(28)2-6-17)10-19-23(34)31-25(36)32(24(19)35)18-7-3-16(29)4-8-18/h1-11H,12H2,(H,30,33)(H,31,34,36)/b19-10-. The maximum absolute atomic E-state index is 13.2. The number of anilines is 2. The Morgan fingerprint density at radius 1 is 0.973 bits per heavy atom. The molecule has 0 radical (unpaired) electrons. The molecule has 3 aromatic carbocycles. The number of halogens is 4. The molecular formula is C25H15Br2Cl2N3O5. The molecule has 0 spiro atoms. The second-order valence-corrected chi connectivity index (χ2v) is 10.2. The smallest absolute Gasteiger partial charge is 0.335 e. The molecule has 4 rings (SSSR count). The zero-order valence-corrected chi connectivity index (χ0v) is 23.2. The molecule has 0 bridgehead atoms. The van der Waals surface area contributed by atoms with Crippen molar-refractivity contribution in [1.82, 2.24) is 5.32 Å². The summed E-state index contributed by atoms with van der Waals surface area (Å²) in [5.74, 6) is -1.94. The number of hydrogen-bond acceptors (Lipinski definition) is 5. The van der Waals surface area contributed by atoms with Crippen molar-refractivity contribution in [2.24, 2.45) is 0 Å².